The average Bonchev–Trinajstić information content (AvgIpc) is 3.24. The van der Waals surface area contributed by atoms with Crippen LogP contribution in [-0.4, -0.2) is 30.1 Å². The van der Waals surface area contributed by atoms with Crippen molar-refractivity contribution in [1.82, 2.24) is 5.32 Å². The van der Waals surface area contributed by atoms with E-state index in [1.165, 1.54) is 23.5 Å². The molecule has 0 aliphatic carbocycles. The fourth-order valence-corrected chi connectivity index (χ4v) is 3.29. The Hall–Kier alpha value is -2.98. The lowest BCUT2D eigenvalue weighted by Gasteiger charge is -2.20. The maximum absolute atomic E-state index is 11.9. The number of thiophene rings is 1. The Morgan fingerprint density at radius 3 is 2.96 bits per heavy atom. The monoisotopic (exact) mass is 406 g/mol. The summed E-state index contributed by atoms with van der Waals surface area (Å²) in [4.78, 5) is 34.3. The van der Waals surface area contributed by atoms with Crippen molar-refractivity contribution in [3.8, 4) is 5.75 Å². The summed E-state index contributed by atoms with van der Waals surface area (Å²) < 4.78 is 15.8. The summed E-state index contributed by atoms with van der Waals surface area (Å²) >= 11 is 1.43. The summed E-state index contributed by atoms with van der Waals surface area (Å²) in [6, 6.07) is 4.44. The van der Waals surface area contributed by atoms with E-state index in [2.05, 4.69) is 5.32 Å². The van der Waals surface area contributed by atoms with E-state index in [1.807, 2.05) is 5.38 Å². The molecule has 1 aliphatic rings. The molecule has 0 spiro atoms. The van der Waals surface area contributed by atoms with Crippen LogP contribution in [-0.2, 0) is 27.5 Å². The predicted octanol–water partition coefficient (Wildman–Crippen LogP) is 2.78. The molecule has 0 radical (unpaired) electrons. The summed E-state index contributed by atoms with van der Waals surface area (Å²) in [7, 11) is 0. The quantitative estimate of drug-likeness (QED) is 0.310. The Labute approximate surface area is 164 Å². The number of hydrogen-bond acceptors (Lipinski definition) is 8. The molecule has 0 saturated heterocycles. The highest BCUT2D eigenvalue weighted by molar-refractivity contribution is 7.08. The first kappa shape index (κ1) is 19.8. The van der Waals surface area contributed by atoms with E-state index in [9.17, 15) is 19.7 Å². The number of fused-ring (bicyclic) bond motifs is 1. The number of non-ortho nitro benzene ring substituents is 1. The predicted molar refractivity (Wildman–Crippen MR) is 99.1 cm³/mol. The molecule has 148 valence electrons. The van der Waals surface area contributed by atoms with Gasteiger partial charge in [-0.1, -0.05) is 0 Å². The lowest BCUT2D eigenvalue weighted by molar-refractivity contribution is -0.385. The van der Waals surface area contributed by atoms with Crippen LogP contribution in [0.4, 0.5) is 5.69 Å². The first-order chi connectivity index (χ1) is 13.5. The number of carbonyl (C=O) groups excluding carboxylic acids is 2. The first-order valence-electron chi connectivity index (χ1n) is 8.51. The van der Waals surface area contributed by atoms with Crippen molar-refractivity contribution < 1.29 is 28.7 Å². The third-order valence-electron chi connectivity index (χ3n) is 4.00. The van der Waals surface area contributed by atoms with E-state index in [1.54, 1.807) is 11.4 Å². The molecule has 2 aromatic rings. The van der Waals surface area contributed by atoms with Crippen molar-refractivity contribution in [2.24, 2.45) is 0 Å². The molecule has 1 N–H and O–H groups in total. The molecule has 1 aromatic heterocycles. The number of nitrogens with one attached hydrogen (secondary N) is 1. The first-order valence-corrected chi connectivity index (χ1v) is 9.45. The van der Waals surface area contributed by atoms with Gasteiger partial charge in [-0.3, -0.25) is 19.7 Å². The Kier molecular flexibility index (Phi) is 6.56. The standard InChI is InChI=1S/C18H18N2O7S/c21-16(2-1-4-19-18(22)12-3-5-28-10-12)26-9-14-7-15(20(23)24)6-13-8-25-11-27-17(13)14/h3,5-7,10H,1-2,4,8-9,11H2,(H,19,22). The number of nitro benzene ring substituents is 1. The van der Waals surface area contributed by atoms with E-state index < -0.39 is 10.9 Å². The van der Waals surface area contributed by atoms with Crippen molar-refractivity contribution in [2.75, 3.05) is 13.3 Å². The second-order valence-electron chi connectivity index (χ2n) is 5.99. The van der Waals surface area contributed by atoms with Crippen LogP contribution in [0, 0.1) is 10.1 Å². The summed E-state index contributed by atoms with van der Waals surface area (Å²) in [5.74, 6) is -0.193. The molecule has 1 aliphatic heterocycles. The molecule has 2 heterocycles. The molecule has 28 heavy (non-hydrogen) atoms. The number of benzene rings is 1. The van der Waals surface area contributed by atoms with Crippen LogP contribution in [0.15, 0.2) is 29.0 Å². The number of amides is 1. The molecular weight excluding hydrogens is 388 g/mol. The molecule has 3 rings (SSSR count). The maximum Gasteiger partial charge on any atom is 0.306 e. The zero-order valence-electron chi connectivity index (χ0n) is 14.8. The second-order valence-corrected chi connectivity index (χ2v) is 6.77. The van der Waals surface area contributed by atoms with Crippen LogP contribution in [0.25, 0.3) is 0 Å². The lowest BCUT2D eigenvalue weighted by atomic mass is 10.1. The topological polar surface area (TPSA) is 117 Å². The molecule has 0 bridgehead atoms. The molecule has 0 atom stereocenters. The van der Waals surface area contributed by atoms with Gasteiger partial charge in [0, 0.05) is 47.2 Å². The molecule has 0 saturated carbocycles. The molecule has 1 aromatic carbocycles. The van der Waals surface area contributed by atoms with Crippen LogP contribution < -0.4 is 10.1 Å². The molecule has 0 unspecified atom stereocenters. The van der Waals surface area contributed by atoms with E-state index in [0.29, 0.717) is 35.4 Å². The van der Waals surface area contributed by atoms with Crippen molar-refractivity contribution in [3.05, 3.63) is 55.8 Å². The highest BCUT2D eigenvalue weighted by Crippen LogP contribution is 2.33. The maximum atomic E-state index is 11.9. The lowest BCUT2D eigenvalue weighted by Crippen LogP contribution is -2.24. The number of rotatable bonds is 8. The fourth-order valence-electron chi connectivity index (χ4n) is 2.65. The molecule has 1 amide bonds. The van der Waals surface area contributed by atoms with Crippen LogP contribution in [0.3, 0.4) is 0 Å². The van der Waals surface area contributed by atoms with Gasteiger partial charge in [-0.15, -0.1) is 0 Å². The Bertz CT molecular complexity index is 867. The molecular formula is C18H18N2O7S. The second kappa shape index (κ2) is 9.29. The van der Waals surface area contributed by atoms with Crippen molar-refractivity contribution in [1.29, 1.82) is 0 Å². The van der Waals surface area contributed by atoms with Crippen LogP contribution in [0.1, 0.15) is 34.3 Å². The van der Waals surface area contributed by atoms with Gasteiger partial charge in [-0.05, 0) is 17.9 Å². The van der Waals surface area contributed by atoms with Crippen LogP contribution in [0.5, 0.6) is 5.75 Å². The van der Waals surface area contributed by atoms with Gasteiger partial charge < -0.3 is 19.5 Å². The Morgan fingerprint density at radius 2 is 2.21 bits per heavy atom. The van der Waals surface area contributed by atoms with Gasteiger partial charge >= 0.3 is 5.97 Å². The average molecular weight is 406 g/mol. The number of hydrogen-bond donors (Lipinski definition) is 1. The highest BCUT2D eigenvalue weighted by Gasteiger charge is 2.21. The zero-order valence-corrected chi connectivity index (χ0v) is 15.7. The summed E-state index contributed by atoms with van der Waals surface area (Å²) in [6.45, 7) is 0.442. The van der Waals surface area contributed by atoms with Gasteiger partial charge in [0.15, 0.2) is 6.79 Å². The van der Waals surface area contributed by atoms with Gasteiger partial charge in [-0.25, -0.2) is 0 Å². The number of nitrogens with zero attached hydrogens (tertiary/aromatic N) is 1. The largest absolute Gasteiger partial charge is 0.467 e. The van der Waals surface area contributed by atoms with E-state index in [-0.39, 0.29) is 38.0 Å². The summed E-state index contributed by atoms with van der Waals surface area (Å²) in [6.07, 6.45) is 0.539. The number of carbonyl (C=O) groups is 2. The van der Waals surface area contributed by atoms with E-state index >= 15 is 0 Å². The van der Waals surface area contributed by atoms with Crippen LogP contribution in [0.2, 0.25) is 0 Å². The Morgan fingerprint density at radius 1 is 1.36 bits per heavy atom. The van der Waals surface area contributed by atoms with Gasteiger partial charge in [-0.2, -0.15) is 11.3 Å². The van der Waals surface area contributed by atoms with E-state index in [4.69, 9.17) is 14.2 Å². The number of ether oxygens (including phenoxy) is 3. The minimum absolute atomic E-state index is 0.0373. The van der Waals surface area contributed by atoms with Crippen molar-refractivity contribution in [2.45, 2.75) is 26.1 Å². The molecule has 9 nitrogen and oxygen atoms in total. The van der Waals surface area contributed by atoms with E-state index in [0.717, 1.165) is 0 Å². The SMILES string of the molecule is O=C(CCCNC(=O)c1ccsc1)OCc1cc([N+](=O)[O-])cc2c1OCOC2. The van der Waals surface area contributed by atoms with Crippen molar-refractivity contribution >= 4 is 28.9 Å². The van der Waals surface area contributed by atoms with Gasteiger partial charge in [0.2, 0.25) is 0 Å². The minimum atomic E-state index is -0.517. The summed E-state index contributed by atoms with van der Waals surface area (Å²) in [5.41, 5.74) is 1.44. The third kappa shape index (κ3) is 5.05. The van der Waals surface area contributed by atoms with Crippen molar-refractivity contribution in [3.63, 3.8) is 0 Å². The normalized spacial score (nSPS) is 12.6. The van der Waals surface area contributed by atoms with Gasteiger partial charge in [0.1, 0.15) is 12.4 Å². The highest BCUT2D eigenvalue weighted by atomic mass is 32.1. The summed E-state index contributed by atoms with van der Waals surface area (Å²) in [5, 5.41) is 17.4. The van der Waals surface area contributed by atoms with Crippen LogP contribution >= 0.6 is 11.3 Å². The Balaban J connectivity index is 1.48. The minimum Gasteiger partial charge on any atom is -0.467 e. The fraction of sp³-hybridized carbons (Fsp3) is 0.333. The number of nitro groups is 1. The van der Waals surface area contributed by atoms with Gasteiger partial charge in [0.25, 0.3) is 11.6 Å². The zero-order chi connectivity index (χ0) is 19.9. The van der Waals surface area contributed by atoms with Gasteiger partial charge in [0.05, 0.1) is 11.5 Å². The molecule has 0 fully saturated rings. The third-order valence-corrected chi connectivity index (χ3v) is 4.68. The smallest absolute Gasteiger partial charge is 0.306 e. The number of esters is 1. The molecule has 10 heteroatoms.